The van der Waals surface area contributed by atoms with E-state index in [0.717, 1.165) is 5.56 Å². The number of furan rings is 1. The van der Waals surface area contributed by atoms with Crippen molar-refractivity contribution in [3.05, 3.63) is 52.6 Å². The highest BCUT2D eigenvalue weighted by Crippen LogP contribution is 2.07. The maximum absolute atomic E-state index is 11.9. The third kappa shape index (κ3) is 4.92. The minimum atomic E-state index is -0.230. The topological polar surface area (TPSA) is 62.6 Å². The zero-order chi connectivity index (χ0) is 15.1. The molecular formula is C15H16N2O3S. The van der Waals surface area contributed by atoms with Crippen LogP contribution in [0, 0.1) is 0 Å². The van der Waals surface area contributed by atoms with E-state index in [2.05, 4.69) is 5.32 Å². The number of hydrogen-bond donors (Lipinski definition) is 1. The number of amides is 2. The van der Waals surface area contributed by atoms with Gasteiger partial charge in [-0.25, -0.2) is 0 Å². The Morgan fingerprint density at radius 1 is 1.43 bits per heavy atom. The van der Waals surface area contributed by atoms with Crippen LogP contribution in [0.2, 0.25) is 0 Å². The molecule has 0 aliphatic heterocycles. The number of hydrogen-bond acceptors (Lipinski definition) is 4. The fraction of sp³-hybridized carbons (Fsp3) is 0.200. The molecule has 0 bridgehead atoms. The summed E-state index contributed by atoms with van der Waals surface area (Å²) >= 11 is 1.57. The minimum Gasteiger partial charge on any atom is -0.467 e. The lowest BCUT2D eigenvalue weighted by Crippen LogP contribution is -2.37. The largest absolute Gasteiger partial charge is 0.467 e. The average molecular weight is 304 g/mol. The molecule has 5 nitrogen and oxygen atoms in total. The highest BCUT2D eigenvalue weighted by Gasteiger charge is 2.10. The van der Waals surface area contributed by atoms with E-state index in [-0.39, 0.29) is 18.4 Å². The molecule has 0 unspecified atom stereocenters. The van der Waals surface area contributed by atoms with Gasteiger partial charge >= 0.3 is 0 Å². The molecule has 0 aliphatic carbocycles. The van der Waals surface area contributed by atoms with E-state index in [1.807, 2.05) is 16.8 Å². The van der Waals surface area contributed by atoms with Crippen LogP contribution < -0.4 is 5.32 Å². The fourth-order valence-electron chi connectivity index (χ4n) is 1.61. The van der Waals surface area contributed by atoms with E-state index in [1.165, 1.54) is 11.0 Å². The molecule has 0 atom stereocenters. The van der Waals surface area contributed by atoms with Gasteiger partial charge in [-0.1, -0.05) is 0 Å². The van der Waals surface area contributed by atoms with Crippen LogP contribution in [0.25, 0.3) is 6.08 Å². The van der Waals surface area contributed by atoms with Gasteiger partial charge in [-0.2, -0.15) is 11.3 Å². The molecule has 110 valence electrons. The van der Waals surface area contributed by atoms with Gasteiger partial charge in [-0.15, -0.1) is 0 Å². The van der Waals surface area contributed by atoms with Crippen LogP contribution in [0.1, 0.15) is 11.3 Å². The van der Waals surface area contributed by atoms with Crippen molar-refractivity contribution in [1.29, 1.82) is 0 Å². The van der Waals surface area contributed by atoms with Crippen molar-refractivity contribution in [3.63, 3.8) is 0 Å². The third-order valence-corrected chi connectivity index (χ3v) is 3.46. The molecule has 1 N–H and O–H groups in total. The number of thiophene rings is 1. The van der Waals surface area contributed by atoms with E-state index in [0.29, 0.717) is 12.3 Å². The molecule has 0 fully saturated rings. The zero-order valence-corrected chi connectivity index (χ0v) is 12.4. The Morgan fingerprint density at radius 2 is 2.29 bits per heavy atom. The zero-order valence-electron chi connectivity index (χ0n) is 11.6. The summed E-state index contributed by atoms with van der Waals surface area (Å²) in [5, 5.41) is 6.58. The van der Waals surface area contributed by atoms with Gasteiger partial charge in [0.2, 0.25) is 11.8 Å². The molecular weight excluding hydrogens is 288 g/mol. The first-order chi connectivity index (χ1) is 10.1. The summed E-state index contributed by atoms with van der Waals surface area (Å²) in [7, 11) is 1.59. The number of nitrogens with one attached hydrogen (secondary N) is 1. The normalized spacial score (nSPS) is 10.7. The highest BCUT2D eigenvalue weighted by atomic mass is 32.1. The van der Waals surface area contributed by atoms with Crippen molar-refractivity contribution < 1.29 is 14.0 Å². The van der Waals surface area contributed by atoms with Crippen molar-refractivity contribution in [1.82, 2.24) is 10.2 Å². The molecule has 2 rings (SSSR count). The SMILES string of the molecule is CN(CC(=O)NCc1ccco1)C(=O)C=Cc1ccsc1. The van der Waals surface area contributed by atoms with Gasteiger partial charge in [0, 0.05) is 13.1 Å². The van der Waals surface area contributed by atoms with Gasteiger partial charge in [0.15, 0.2) is 0 Å². The predicted octanol–water partition coefficient (Wildman–Crippen LogP) is 2.13. The molecule has 0 radical (unpaired) electrons. The number of nitrogens with zero attached hydrogens (tertiary/aromatic N) is 1. The Morgan fingerprint density at radius 3 is 2.95 bits per heavy atom. The Labute approximate surface area is 126 Å². The van der Waals surface area contributed by atoms with Crippen LogP contribution >= 0.6 is 11.3 Å². The smallest absolute Gasteiger partial charge is 0.246 e. The molecule has 6 heteroatoms. The number of carbonyl (C=O) groups excluding carboxylic acids is 2. The van der Waals surface area contributed by atoms with E-state index in [9.17, 15) is 9.59 Å². The van der Waals surface area contributed by atoms with Crippen molar-refractivity contribution in [3.8, 4) is 0 Å². The quantitative estimate of drug-likeness (QED) is 0.832. The maximum atomic E-state index is 11.9. The molecule has 0 spiro atoms. The van der Waals surface area contributed by atoms with Crippen LogP contribution in [0.4, 0.5) is 0 Å². The first-order valence-electron chi connectivity index (χ1n) is 6.39. The van der Waals surface area contributed by atoms with Crippen molar-refractivity contribution in [2.24, 2.45) is 0 Å². The second-order valence-corrected chi connectivity index (χ2v) is 5.22. The minimum absolute atomic E-state index is 0.00746. The van der Waals surface area contributed by atoms with Crippen molar-refractivity contribution >= 4 is 29.2 Å². The first kappa shape index (κ1) is 15.1. The maximum Gasteiger partial charge on any atom is 0.246 e. The molecule has 21 heavy (non-hydrogen) atoms. The summed E-state index contributed by atoms with van der Waals surface area (Å²) in [6, 6.07) is 5.45. The van der Waals surface area contributed by atoms with Crippen LogP contribution in [-0.2, 0) is 16.1 Å². The Hall–Kier alpha value is -2.34. The second kappa shape index (κ2) is 7.44. The van der Waals surface area contributed by atoms with Crippen molar-refractivity contribution in [2.45, 2.75) is 6.54 Å². The lowest BCUT2D eigenvalue weighted by molar-refractivity contribution is -0.131. The molecule has 2 amide bonds. The van der Waals surface area contributed by atoms with Crippen LogP contribution in [0.3, 0.4) is 0 Å². The average Bonchev–Trinajstić information content (AvgIpc) is 3.15. The summed E-state index contributed by atoms with van der Waals surface area (Å²) in [4.78, 5) is 24.9. The molecule has 2 heterocycles. The number of rotatable bonds is 6. The van der Waals surface area contributed by atoms with Gasteiger partial charge in [0.25, 0.3) is 0 Å². The monoisotopic (exact) mass is 304 g/mol. The standard InChI is InChI=1S/C15H16N2O3S/c1-17(15(19)5-4-12-6-8-21-11-12)10-14(18)16-9-13-3-2-7-20-13/h2-8,11H,9-10H2,1H3,(H,16,18). The van der Waals surface area contributed by atoms with E-state index in [4.69, 9.17) is 4.42 Å². The Balaban J connectivity index is 1.76. The fourth-order valence-corrected chi connectivity index (χ4v) is 2.24. The van der Waals surface area contributed by atoms with Crippen molar-refractivity contribution in [2.75, 3.05) is 13.6 Å². The number of carbonyl (C=O) groups is 2. The summed E-state index contributed by atoms with van der Waals surface area (Å²) in [6.07, 6.45) is 4.74. The van der Waals surface area contributed by atoms with Gasteiger partial charge in [0.1, 0.15) is 5.76 Å². The molecule has 2 aromatic rings. The Bertz CT molecular complexity index is 603. The lowest BCUT2D eigenvalue weighted by Gasteiger charge is -2.14. The summed E-state index contributed by atoms with van der Waals surface area (Å²) in [5.74, 6) is 0.232. The third-order valence-electron chi connectivity index (χ3n) is 2.76. The number of likely N-dealkylation sites (N-methyl/N-ethyl adjacent to an activating group) is 1. The van der Waals surface area contributed by atoms with Crippen LogP contribution in [0.15, 0.2) is 45.7 Å². The highest BCUT2D eigenvalue weighted by molar-refractivity contribution is 7.08. The molecule has 2 aromatic heterocycles. The second-order valence-electron chi connectivity index (χ2n) is 4.44. The van der Waals surface area contributed by atoms with Crippen LogP contribution in [0.5, 0.6) is 0 Å². The van der Waals surface area contributed by atoms with Crippen LogP contribution in [-0.4, -0.2) is 30.3 Å². The van der Waals surface area contributed by atoms with Gasteiger partial charge in [-0.05, 0) is 40.6 Å². The Kier molecular flexibility index (Phi) is 5.34. The molecule has 0 aromatic carbocycles. The summed E-state index contributed by atoms with van der Waals surface area (Å²) in [6.45, 7) is 0.326. The van der Waals surface area contributed by atoms with E-state index >= 15 is 0 Å². The molecule has 0 saturated heterocycles. The first-order valence-corrected chi connectivity index (χ1v) is 7.34. The summed E-state index contributed by atoms with van der Waals surface area (Å²) < 4.78 is 5.11. The van der Waals surface area contributed by atoms with E-state index in [1.54, 1.807) is 42.9 Å². The van der Waals surface area contributed by atoms with Gasteiger partial charge in [-0.3, -0.25) is 9.59 Å². The molecule has 0 aliphatic rings. The van der Waals surface area contributed by atoms with Gasteiger partial charge < -0.3 is 14.6 Å². The van der Waals surface area contributed by atoms with E-state index < -0.39 is 0 Å². The summed E-state index contributed by atoms with van der Waals surface area (Å²) in [5.41, 5.74) is 0.976. The van der Waals surface area contributed by atoms with Gasteiger partial charge in [0.05, 0.1) is 19.4 Å². The molecule has 0 saturated carbocycles. The predicted molar refractivity (Wildman–Crippen MR) is 81.5 cm³/mol. The lowest BCUT2D eigenvalue weighted by atomic mass is 10.3.